The summed E-state index contributed by atoms with van der Waals surface area (Å²) in [4.78, 5) is 27.0. The number of carbonyl (C=O) groups is 1. The van der Waals surface area contributed by atoms with Crippen LogP contribution in [0, 0.1) is 10.1 Å². The van der Waals surface area contributed by atoms with Crippen molar-refractivity contribution in [1.29, 1.82) is 0 Å². The van der Waals surface area contributed by atoms with E-state index >= 15 is 0 Å². The van der Waals surface area contributed by atoms with Gasteiger partial charge in [0.1, 0.15) is 23.6 Å². The molecule has 0 bridgehead atoms. The number of ether oxygens (including phenoxy) is 1. The van der Waals surface area contributed by atoms with E-state index in [2.05, 4.69) is 4.98 Å². The van der Waals surface area contributed by atoms with Crippen LogP contribution >= 0.6 is 0 Å². The number of nitrogens with zero attached hydrogens (tertiary/aromatic N) is 3. The minimum atomic E-state index is -0.671. The molecule has 2 heterocycles. The minimum Gasteiger partial charge on any atom is -0.457 e. The van der Waals surface area contributed by atoms with Crippen molar-refractivity contribution in [2.24, 2.45) is 0 Å². The van der Waals surface area contributed by atoms with E-state index in [0.717, 1.165) is 5.39 Å². The van der Waals surface area contributed by atoms with Gasteiger partial charge in [-0.3, -0.25) is 10.1 Å². The molecule has 2 aromatic carbocycles. The van der Waals surface area contributed by atoms with Crippen molar-refractivity contribution in [3.05, 3.63) is 88.7 Å². The van der Waals surface area contributed by atoms with E-state index in [1.807, 2.05) is 24.3 Å². The van der Waals surface area contributed by atoms with E-state index in [1.54, 1.807) is 12.3 Å². The van der Waals surface area contributed by atoms with Crippen LogP contribution in [-0.2, 0) is 11.3 Å². The van der Waals surface area contributed by atoms with Crippen LogP contribution < -0.4 is 0 Å². The predicted molar refractivity (Wildman–Crippen MR) is 95.6 cm³/mol. The summed E-state index contributed by atoms with van der Waals surface area (Å²) in [6.45, 7) is -0.0649. The predicted octanol–water partition coefficient (Wildman–Crippen LogP) is 3.88. The Bertz CT molecular complexity index is 1100. The number of hydrogen-bond acceptors (Lipinski definition) is 6. The summed E-state index contributed by atoms with van der Waals surface area (Å²) in [6.07, 6.45) is 4.54. The van der Waals surface area contributed by atoms with Crippen molar-refractivity contribution < 1.29 is 18.9 Å². The number of nitro benzene ring substituents is 1. The summed E-state index contributed by atoms with van der Waals surface area (Å²) in [5.41, 5.74) is 0.878. The van der Waals surface area contributed by atoms with Crippen LogP contribution in [0.2, 0.25) is 0 Å². The number of imidazole rings is 1. The zero-order valence-electron chi connectivity index (χ0n) is 13.9. The van der Waals surface area contributed by atoms with E-state index in [-0.39, 0.29) is 17.9 Å². The number of nitro groups is 1. The molecule has 0 saturated carbocycles. The van der Waals surface area contributed by atoms with Crippen LogP contribution in [0.1, 0.15) is 16.1 Å². The van der Waals surface area contributed by atoms with E-state index in [0.29, 0.717) is 17.0 Å². The Morgan fingerprint density at radius 3 is 2.81 bits per heavy atom. The normalized spacial score (nSPS) is 10.8. The van der Waals surface area contributed by atoms with Gasteiger partial charge in [-0.25, -0.2) is 9.78 Å². The zero-order valence-corrected chi connectivity index (χ0v) is 13.9. The Balaban J connectivity index is 1.54. The molecule has 0 aliphatic carbocycles. The molecule has 2 aromatic heterocycles. The fraction of sp³-hybridized carbons (Fsp3) is 0.0526. The largest absolute Gasteiger partial charge is 0.457 e. The lowest BCUT2D eigenvalue weighted by atomic mass is 10.1. The van der Waals surface area contributed by atoms with Gasteiger partial charge in [-0.05, 0) is 24.3 Å². The first-order valence-corrected chi connectivity index (χ1v) is 8.03. The number of furan rings is 1. The molecule has 0 unspecified atom stereocenters. The zero-order chi connectivity index (χ0) is 18.8. The summed E-state index contributed by atoms with van der Waals surface area (Å²) in [5, 5.41) is 12.3. The molecule has 0 saturated heterocycles. The third kappa shape index (κ3) is 3.28. The van der Waals surface area contributed by atoms with Crippen LogP contribution in [-0.4, -0.2) is 20.4 Å². The molecule has 4 aromatic rings. The van der Waals surface area contributed by atoms with Gasteiger partial charge in [0.2, 0.25) is 0 Å². The molecule has 0 radical (unpaired) electrons. The topological polar surface area (TPSA) is 100 Å². The molecule has 134 valence electrons. The molecule has 0 spiro atoms. The summed E-state index contributed by atoms with van der Waals surface area (Å²) in [7, 11) is 0. The first kappa shape index (κ1) is 16.5. The molecule has 8 heteroatoms. The lowest BCUT2D eigenvalue weighted by Crippen LogP contribution is -2.07. The summed E-state index contributed by atoms with van der Waals surface area (Å²) in [5.74, 6) is -0.176. The van der Waals surface area contributed by atoms with Gasteiger partial charge in [0.25, 0.3) is 5.69 Å². The third-order valence-electron chi connectivity index (χ3n) is 4.01. The van der Waals surface area contributed by atoms with Gasteiger partial charge >= 0.3 is 5.97 Å². The van der Waals surface area contributed by atoms with Gasteiger partial charge in [0.15, 0.2) is 0 Å². The maximum absolute atomic E-state index is 12.3. The monoisotopic (exact) mass is 363 g/mol. The fourth-order valence-electron chi connectivity index (χ4n) is 2.74. The third-order valence-corrected chi connectivity index (χ3v) is 4.01. The van der Waals surface area contributed by atoms with Crippen LogP contribution in [0.4, 0.5) is 5.69 Å². The molecular weight excluding hydrogens is 350 g/mol. The highest BCUT2D eigenvalue weighted by Crippen LogP contribution is 2.25. The first-order valence-electron chi connectivity index (χ1n) is 8.03. The molecular formula is C19H13N3O5. The lowest BCUT2D eigenvalue weighted by Gasteiger charge is -2.06. The van der Waals surface area contributed by atoms with E-state index in [1.165, 1.54) is 35.3 Å². The number of hydrogen-bond donors (Lipinski definition) is 0. The van der Waals surface area contributed by atoms with Gasteiger partial charge in [-0.2, -0.15) is 0 Å². The molecule has 0 N–H and O–H groups in total. The highest BCUT2D eigenvalue weighted by Gasteiger charge is 2.19. The van der Waals surface area contributed by atoms with Gasteiger partial charge in [0, 0.05) is 23.8 Å². The number of benzene rings is 2. The highest BCUT2D eigenvalue weighted by molar-refractivity contribution is 5.91. The maximum Gasteiger partial charge on any atom is 0.338 e. The Morgan fingerprint density at radius 1 is 1.22 bits per heavy atom. The van der Waals surface area contributed by atoms with Crippen molar-refractivity contribution in [3.8, 4) is 5.69 Å². The smallest absolute Gasteiger partial charge is 0.338 e. The molecule has 0 atom stereocenters. The second-order valence-electron chi connectivity index (χ2n) is 5.76. The van der Waals surface area contributed by atoms with E-state index in [4.69, 9.17) is 9.15 Å². The van der Waals surface area contributed by atoms with Crippen molar-refractivity contribution in [1.82, 2.24) is 9.55 Å². The lowest BCUT2D eigenvalue weighted by molar-refractivity contribution is -0.384. The summed E-state index contributed by atoms with van der Waals surface area (Å²) >= 11 is 0. The average Bonchev–Trinajstić information content (AvgIpc) is 3.34. The highest BCUT2D eigenvalue weighted by atomic mass is 16.6. The minimum absolute atomic E-state index is 0.0649. The Kier molecular flexibility index (Phi) is 4.13. The molecule has 0 fully saturated rings. The SMILES string of the molecule is O=C(OCc1cc2ccccc2o1)c1ccc(-n2ccnc2)c([N+](=O)[O-])c1. The number of aromatic nitrogens is 2. The number of fused-ring (bicyclic) bond motifs is 1. The van der Waals surface area contributed by atoms with Crippen molar-refractivity contribution in [2.75, 3.05) is 0 Å². The Labute approximate surface area is 152 Å². The second kappa shape index (κ2) is 6.75. The number of carbonyl (C=O) groups excluding carboxylic acids is 1. The fourth-order valence-corrected chi connectivity index (χ4v) is 2.74. The molecule has 0 aliphatic heterocycles. The van der Waals surface area contributed by atoms with Crippen molar-refractivity contribution in [2.45, 2.75) is 6.61 Å². The summed E-state index contributed by atoms with van der Waals surface area (Å²) in [6, 6.07) is 13.4. The van der Waals surface area contributed by atoms with Crippen molar-refractivity contribution in [3.63, 3.8) is 0 Å². The van der Waals surface area contributed by atoms with Gasteiger partial charge in [0.05, 0.1) is 16.8 Å². The standard InChI is InChI=1S/C19H13N3O5/c23-19(26-11-15-9-13-3-1-2-4-18(13)27-15)14-5-6-16(17(10-14)22(24)25)21-8-7-20-12-21/h1-10,12H,11H2. The molecule has 4 rings (SSSR count). The Morgan fingerprint density at radius 2 is 2.07 bits per heavy atom. The second-order valence-corrected chi connectivity index (χ2v) is 5.76. The van der Waals surface area contributed by atoms with Crippen molar-refractivity contribution >= 4 is 22.6 Å². The van der Waals surface area contributed by atoms with Crippen LogP contribution in [0.3, 0.4) is 0 Å². The average molecular weight is 363 g/mol. The van der Waals surface area contributed by atoms with Crippen LogP contribution in [0.15, 0.2) is 71.7 Å². The maximum atomic E-state index is 12.3. The summed E-state index contributed by atoms with van der Waals surface area (Å²) < 4.78 is 12.3. The van der Waals surface area contributed by atoms with Gasteiger partial charge in [-0.15, -0.1) is 0 Å². The van der Waals surface area contributed by atoms with Gasteiger partial charge < -0.3 is 13.7 Å². The molecule has 0 amide bonds. The van der Waals surface area contributed by atoms with Crippen LogP contribution in [0.5, 0.6) is 0 Å². The number of esters is 1. The molecule has 8 nitrogen and oxygen atoms in total. The van der Waals surface area contributed by atoms with Crippen LogP contribution in [0.25, 0.3) is 16.7 Å². The Hall–Kier alpha value is -3.94. The molecule has 27 heavy (non-hydrogen) atoms. The number of para-hydroxylation sites is 1. The first-order chi connectivity index (χ1) is 13.1. The quantitative estimate of drug-likeness (QED) is 0.303. The van der Waals surface area contributed by atoms with E-state index in [9.17, 15) is 14.9 Å². The van der Waals surface area contributed by atoms with E-state index < -0.39 is 10.9 Å². The number of rotatable bonds is 5. The van der Waals surface area contributed by atoms with Gasteiger partial charge in [-0.1, -0.05) is 18.2 Å². The molecule has 0 aliphatic rings.